The van der Waals surface area contributed by atoms with Gasteiger partial charge in [0.1, 0.15) is 11.3 Å². The maximum absolute atomic E-state index is 11.9. The molecule has 0 radical (unpaired) electrons. The van der Waals surface area contributed by atoms with Gasteiger partial charge in [0.15, 0.2) is 5.78 Å². The Balaban J connectivity index is 2.67. The van der Waals surface area contributed by atoms with Gasteiger partial charge in [-0.1, -0.05) is 18.2 Å². The molecule has 0 saturated carbocycles. The molecule has 19 heavy (non-hydrogen) atoms. The number of aromatic hydroxyl groups is 1. The van der Waals surface area contributed by atoms with Crippen LogP contribution in [0.3, 0.4) is 0 Å². The van der Waals surface area contributed by atoms with Gasteiger partial charge in [-0.2, -0.15) is 0 Å². The molecular weight excluding hydrogens is 244 g/mol. The van der Waals surface area contributed by atoms with Crippen molar-refractivity contribution in [1.82, 2.24) is 0 Å². The van der Waals surface area contributed by atoms with Crippen LogP contribution in [0.4, 0.5) is 0 Å². The summed E-state index contributed by atoms with van der Waals surface area (Å²) in [5, 5.41) is 11.2. The molecule has 4 nitrogen and oxygen atoms in total. The van der Waals surface area contributed by atoms with Crippen LogP contribution >= 0.6 is 0 Å². The lowest BCUT2D eigenvalue weighted by atomic mass is 10.0. The highest BCUT2D eigenvalue weighted by Gasteiger charge is 2.14. The molecule has 3 aromatic rings. The van der Waals surface area contributed by atoms with Gasteiger partial charge >= 0.3 is 5.63 Å². The molecular formula is C15H10O4. The van der Waals surface area contributed by atoms with E-state index in [0.717, 1.165) is 0 Å². The van der Waals surface area contributed by atoms with Crippen molar-refractivity contribution in [2.24, 2.45) is 0 Å². The standard InChI is InChI=1S/C15H10O4/c1-8(16)12-6-9(17)7-13-14(12)10-4-2-3-5-11(10)15(18)19-13/h2-7,17H,1H3. The molecule has 94 valence electrons. The molecule has 0 aliphatic carbocycles. The quantitative estimate of drug-likeness (QED) is 0.412. The molecule has 1 N–H and O–H groups in total. The van der Waals surface area contributed by atoms with Crippen LogP contribution in [0.5, 0.6) is 5.75 Å². The Kier molecular flexibility index (Phi) is 2.38. The fourth-order valence-electron chi connectivity index (χ4n) is 2.27. The molecule has 1 aromatic heterocycles. The number of fused-ring (bicyclic) bond motifs is 3. The Bertz CT molecular complexity index is 874. The van der Waals surface area contributed by atoms with Gasteiger partial charge in [0.05, 0.1) is 5.39 Å². The summed E-state index contributed by atoms with van der Waals surface area (Å²) in [7, 11) is 0. The number of hydrogen-bond acceptors (Lipinski definition) is 4. The number of carbonyl (C=O) groups is 1. The summed E-state index contributed by atoms with van der Waals surface area (Å²) >= 11 is 0. The molecule has 0 saturated heterocycles. The zero-order chi connectivity index (χ0) is 13.6. The highest BCUT2D eigenvalue weighted by molar-refractivity contribution is 6.16. The highest BCUT2D eigenvalue weighted by atomic mass is 16.4. The van der Waals surface area contributed by atoms with E-state index in [0.29, 0.717) is 21.7 Å². The third-order valence-electron chi connectivity index (χ3n) is 3.09. The molecule has 0 aliphatic heterocycles. The van der Waals surface area contributed by atoms with Crippen molar-refractivity contribution in [2.75, 3.05) is 0 Å². The monoisotopic (exact) mass is 254 g/mol. The molecule has 0 spiro atoms. The smallest absolute Gasteiger partial charge is 0.344 e. The lowest BCUT2D eigenvalue weighted by molar-refractivity contribution is 0.101. The van der Waals surface area contributed by atoms with Crippen LogP contribution in [-0.2, 0) is 0 Å². The first kappa shape index (κ1) is 11.5. The summed E-state index contributed by atoms with van der Waals surface area (Å²) in [5.74, 6) is -0.295. The van der Waals surface area contributed by atoms with Crippen LogP contribution in [0.15, 0.2) is 45.6 Å². The normalized spacial score (nSPS) is 11.0. The van der Waals surface area contributed by atoms with E-state index >= 15 is 0 Å². The van der Waals surface area contributed by atoms with Crippen molar-refractivity contribution in [3.05, 3.63) is 52.4 Å². The maximum atomic E-state index is 11.9. The second kappa shape index (κ2) is 3.95. The number of phenols is 1. The highest BCUT2D eigenvalue weighted by Crippen LogP contribution is 2.30. The molecule has 0 unspecified atom stereocenters. The van der Waals surface area contributed by atoms with Gasteiger partial charge in [0.25, 0.3) is 0 Å². The predicted octanol–water partition coefficient (Wildman–Crippen LogP) is 2.85. The summed E-state index contributed by atoms with van der Waals surface area (Å²) in [5.41, 5.74) is 0.0760. The first-order valence-electron chi connectivity index (χ1n) is 5.77. The Labute approximate surface area is 107 Å². The molecule has 2 aromatic carbocycles. The van der Waals surface area contributed by atoms with Gasteiger partial charge < -0.3 is 9.52 Å². The van der Waals surface area contributed by atoms with Crippen LogP contribution in [-0.4, -0.2) is 10.9 Å². The number of carbonyl (C=O) groups excluding carboxylic acids is 1. The van der Waals surface area contributed by atoms with Gasteiger partial charge in [0.2, 0.25) is 0 Å². The van der Waals surface area contributed by atoms with E-state index < -0.39 is 5.63 Å². The summed E-state index contributed by atoms with van der Waals surface area (Å²) in [6.45, 7) is 1.41. The largest absolute Gasteiger partial charge is 0.508 e. The second-order valence-corrected chi connectivity index (χ2v) is 4.36. The maximum Gasteiger partial charge on any atom is 0.344 e. The van der Waals surface area contributed by atoms with Crippen molar-refractivity contribution in [3.63, 3.8) is 0 Å². The van der Waals surface area contributed by atoms with Gasteiger partial charge in [-0.3, -0.25) is 4.79 Å². The Morgan fingerprint density at radius 3 is 2.53 bits per heavy atom. The summed E-state index contributed by atoms with van der Waals surface area (Å²) in [6, 6.07) is 9.67. The lowest BCUT2D eigenvalue weighted by Gasteiger charge is -2.07. The van der Waals surface area contributed by atoms with Crippen LogP contribution in [0.1, 0.15) is 17.3 Å². The fraction of sp³-hybridized carbons (Fsp3) is 0.0667. The molecule has 0 atom stereocenters. The van der Waals surface area contributed by atoms with E-state index in [1.807, 2.05) is 0 Å². The molecule has 0 amide bonds. The lowest BCUT2D eigenvalue weighted by Crippen LogP contribution is -2.02. The average Bonchev–Trinajstić information content (AvgIpc) is 2.37. The number of ketones is 1. The van der Waals surface area contributed by atoms with Crippen LogP contribution in [0.25, 0.3) is 21.7 Å². The van der Waals surface area contributed by atoms with Gasteiger partial charge in [-0.25, -0.2) is 4.79 Å². The van der Waals surface area contributed by atoms with Crippen LogP contribution in [0.2, 0.25) is 0 Å². The zero-order valence-corrected chi connectivity index (χ0v) is 10.1. The number of rotatable bonds is 1. The number of Topliss-reactive ketones (excluding diaryl/α,β-unsaturated/α-hetero) is 1. The zero-order valence-electron chi connectivity index (χ0n) is 10.1. The summed E-state index contributed by atoms with van der Waals surface area (Å²) in [6.07, 6.45) is 0. The van der Waals surface area contributed by atoms with Crippen molar-refractivity contribution in [3.8, 4) is 5.75 Å². The molecule has 0 fully saturated rings. The fourth-order valence-corrected chi connectivity index (χ4v) is 2.27. The van der Waals surface area contributed by atoms with Gasteiger partial charge in [-0.15, -0.1) is 0 Å². The molecule has 1 heterocycles. The van der Waals surface area contributed by atoms with Crippen LogP contribution in [0, 0.1) is 0 Å². The third kappa shape index (κ3) is 1.69. The summed E-state index contributed by atoms with van der Waals surface area (Å²) < 4.78 is 5.18. The minimum absolute atomic E-state index is 0.101. The Hall–Kier alpha value is -2.62. The SMILES string of the molecule is CC(=O)c1cc(O)cc2oc(=O)c3ccccc3c12. The number of hydrogen-bond donors (Lipinski definition) is 1. The molecule has 0 bridgehead atoms. The van der Waals surface area contributed by atoms with Crippen molar-refractivity contribution < 1.29 is 14.3 Å². The van der Waals surface area contributed by atoms with Crippen molar-refractivity contribution in [1.29, 1.82) is 0 Å². The van der Waals surface area contributed by atoms with E-state index in [1.54, 1.807) is 24.3 Å². The number of phenolic OH excluding ortho intramolecular Hbond substituents is 1. The topological polar surface area (TPSA) is 67.5 Å². The Morgan fingerprint density at radius 2 is 1.84 bits per heavy atom. The van der Waals surface area contributed by atoms with Crippen molar-refractivity contribution in [2.45, 2.75) is 6.92 Å². The van der Waals surface area contributed by atoms with E-state index in [-0.39, 0.29) is 17.1 Å². The predicted molar refractivity (Wildman–Crippen MR) is 71.7 cm³/mol. The summed E-state index contributed by atoms with van der Waals surface area (Å²) in [4.78, 5) is 23.6. The minimum Gasteiger partial charge on any atom is -0.508 e. The second-order valence-electron chi connectivity index (χ2n) is 4.36. The minimum atomic E-state index is -0.483. The third-order valence-corrected chi connectivity index (χ3v) is 3.09. The first-order chi connectivity index (χ1) is 9.08. The molecule has 0 aliphatic rings. The van der Waals surface area contributed by atoms with Gasteiger partial charge in [-0.05, 0) is 19.1 Å². The molecule has 4 heteroatoms. The van der Waals surface area contributed by atoms with E-state index in [4.69, 9.17) is 4.42 Å². The first-order valence-corrected chi connectivity index (χ1v) is 5.77. The Morgan fingerprint density at radius 1 is 1.16 bits per heavy atom. The molecule has 3 rings (SSSR count). The van der Waals surface area contributed by atoms with E-state index in [1.165, 1.54) is 19.1 Å². The number of benzene rings is 2. The van der Waals surface area contributed by atoms with Gasteiger partial charge in [0, 0.05) is 22.4 Å². The van der Waals surface area contributed by atoms with E-state index in [9.17, 15) is 14.7 Å². The average molecular weight is 254 g/mol. The van der Waals surface area contributed by atoms with E-state index in [2.05, 4.69) is 0 Å². The van der Waals surface area contributed by atoms with Crippen molar-refractivity contribution >= 4 is 27.5 Å². The van der Waals surface area contributed by atoms with Crippen LogP contribution < -0.4 is 5.63 Å².